The normalized spacial score (nSPS) is 15.3. The van der Waals surface area contributed by atoms with Crippen LogP contribution in [-0.4, -0.2) is 54.7 Å². The Morgan fingerprint density at radius 1 is 1.31 bits per heavy atom. The Labute approximate surface area is 165 Å². The van der Waals surface area contributed by atoms with Gasteiger partial charge in [0.25, 0.3) is 0 Å². The van der Waals surface area contributed by atoms with Gasteiger partial charge in [-0.15, -0.1) is 0 Å². The minimum Gasteiger partial charge on any atom is -0.507 e. The predicted octanol–water partition coefficient (Wildman–Crippen LogP) is 0.792. The number of halogens is 2. The van der Waals surface area contributed by atoms with E-state index in [4.69, 9.17) is 5.73 Å². The van der Waals surface area contributed by atoms with Crippen LogP contribution in [0, 0.1) is 11.6 Å². The van der Waals surface area contributed by atoms with Crippen molar-refractivity contribution in [2.24, 2.45) is 0 Å². The van der Waals surface area contributed by atoms with Crippen molar-refractivity contribution < 1.29 is 27.1 Å². The zero-order valence-corrected chi connectivity index (χ0v) is 16.2. The lowest BCUT2D eigenvalue weighted by atomic mass is 10.0. The number of nitrogen functional groups attached to an aromatic ring is 1. The lowest BCUT2D eigenvalue weighted by molar-refractivity contribution is 0.103. The quantitative estimate of drug-likeness (QED) is 0.596. The fraction of sp³-hybridized carbons (Fsp3) is 0.353. The Balaban J connectivity index is 2.02. The van der Waals surface area contributed by atoms with Crippen molar-refractivity contribution in [3.05, 3.63) is 41.1 Å². The summed E-state index contributed by atoms with van der Waals surface area (Å²) >= 11 is 0. The number of piperidine rings is 1. The second-order valence-corrected chi connectivity index (χ2v) is 8.45. The van der Waals surface area contributed by atoms with Crippen LogP contribution in [0.3, 0.4) is 0 Å². The molecule has 0 radical (unpaired) electrons. The number of nitrogens with two attached hydrogens (primary N) is 1. The number of carbonyl (C=O) groups excluding carboxylic acids is 1. The van der Waals surface area contributed by atoms with E-state index < -0.39 is 56.2 Å². The molecule has 2 heterocycles. The number of anilines is 2. The van der Waals surface area contributed by atoms with E-state index in [1.165, 1.54) is 0 Å². The van der Waals surface area contributed by atoms with Crippen LogP contribution < -0.4 is 15.4 Å². The molecule has 12 heteroatoms. The van der Waals surface area contributed by atoms with E-state index in [1.807, 2.05) is 0 Å². The van der Waals surface area contributed by atoms with Crippen molar-refractivity contribution in [1.29, 1.82) is 0 Å². The maximum atomic E-state index is 14.0. The van der Waals surface area contributed by atoms with Gasteiger partial charge in [0.1, 0.15) is 17.1 Å². The van der Waals surface area contributed by atoms with E-state index in [0.717, 1.165) is 22.8 Å². The fourth-order valence-electron chi connectivity index (χ4n) is 3.18. The first kappa shape index (κ1) is 20.9. The monoisotopic (exact) mass is 427 g/mol. The molecule has 1 saturated heterocycles. The van der Waals surface area contributed by atoms with Gasteiger partial charge in [0.05, 0.1) is 17.9 Å². The van der Waals surface area contributed by atoms with Crippen LogP contribution in [0.4, 0.5) is 20.5 Å². The highest BCUT2D eigenvalue weighted by Crippen LogP contribution is 2.28. The zero-order chi connectivity index (χ0) is 21.3. The number of benzene rings is 1. The van der Waals surface area contributed by atoms with Crippen molar-refractivity contribution in [2.75, 3.05) is 29.4 Å². The van der Waals surface area contributed by atoms with E-state index in [1.54, 1.807) is 0 Å². The Morgan fingerprint density at radius 3 is 2.55 bits per heavy atom. The molecule has 1 fully saturated rings. The predicted molar refractivity (Wildman–Crippen MR) is 101 cm³/mol. The van der Waals surface area contributed by atoms with Crippen molar-refractivity contribution in [3.63, 3.8) is 0 Å². The van der Waals surface area contributed by atoms with Crippen LogP contribution in [0.25, 0.3) is 0 Å². The summed E-state index contributed by atoms with van der Waals surface area (Å²) in [6, 6.07) is 1.12. The number of hydrogen-bond donors (Lipinski definition) is 3. The first-order chi connectivity index (χ1) is 13.6. The number of sulfonamides is 1. The van der Waals surface area contributed by atoms with Gasteiger partial charge in [-0.3, -0.25) is 4.79 Å². The van der Waals surface area contributed by atoms with Gasteiger partial charge in [-0.1, -0.05) is 0 Å². The summed E-state index contributed by atoms with van der Waals surface area (Å²) in [5.74, 6) is -5.41. The molecular formula is C17H19F2N5O4S. The van der Waals surface area contributed by atoms with Crippen LogP contribution in [0.1, 0.15) is 28.8 Å². The van der Waals surface area contributed by atoms with Crippen LogP contribution >= 0.6 is 0 Å². The summed E-state index contributed by atoms with van der Waals surface area (Å²) in [7, 11) is -3.75. The fourth-order valence-corrected chi connectivity index (χ4v) is 4.32. The highest BCUT2D eigenvalue weighted by molar-refractivity contribution is 7.92. The molecule has 156 valence electrons. The smallest absolute Gasteiger partial charge is 0.241 e. The SMILES string of the molecule is CS(=O)(=O)N(c1ncc(C(=O)c2c(O)ccc(F)c2F)c(N)n1)C1CCNCC1. The first-order valence-corrected chi connectivity index (χ1v) is 10.5. The zero-order valence-electron chi connectivity index (χ0n) is 15.4. The van der Waals surface area contributed by atoms with Crippen LogP contribution in [0.2, 0.25) is 0 Å². The molecule has 29 heavy (non-hydrogen) atoms. The van der Waals surface area contributed by atoms with Crippen molar-refractivity contribution in [2.45, 2.75) is 18.9 Å². The molecule has 0 spiro atoms. The average Bonchev–Trinajstić information content (AvgIpc) is 2.65. The molecular weight excluding hydrogens is 408 g/mol. The van der Waals surface area contributed by atoms with Crippen LogP contribution in [0.5, 0.6) is 5.75 Å². The number of rotatable bonds is 5. The van der Waals surface area contributed by atoms with E-state index in [-0.39, 0.29) is 5.95 Å². The number of carbonyl (C=O) groups is 1. The summed E-state index contributed by atoms with van der Waals surface area (Å²) in [5.41, 5.74) is 4.50. The largest absolute Gasteiger partial charge is 0.507 e. The van der Waals surface area contributed by atoms with Gasteiger partial charge in [-0.2, -0.15) is 4.98 Å². The summed E-state index contributed by atoms with van der Waals surface area (Å²) in [6.07, 6.45) is 3.00. The molecule has 1 aliphatic rings. The molecule has 3 rings (SSSR count). The number of ketones is 1. The Bertz CT molecular complexity index is 1060. The van der Waals surface area contributed by atoms with Crippen molar-refractivity contribution in [3.8, 4) is 5.75 Å². The number of aromatic hydroxyl groups is 1. The van der Waals surface area contributed by atoms with E-state index >= 15 is 0 Å². The van der Waals surface area contributed by atoms with Crippen molar-refractivity contribution >= 4 is 27.6 Å². The maximum Gasteiger partial charge on any atom is 0.241 e. The first-order valence-electron chi connectivity index (χ1n) is 8.65. The second kappa shape index (κ2) is 7.87. The number of aromatic nitrogens is 2. The lowest BCUT2D eigenvalue weighted by Gasteiger charge is -2.32. The third-order valence-corrected chi connectivity index (χ3v) is 5.72. The standard InChI is InChI=1S/C17H19F2N5O4S/c1-29(27,28)24(9-4-6-21-7-5-9)17-22-8-10(16(20)23-17)15(26)13-12(25)3-2-11(18)14(13)19/h2-3,8-9,21,25H,4-7H2,1H3,(H2,20,22,23). The molecule has 4 N–H and O–H groups in total. The molecule has 0 atom stereocenters. The van der Waals surface area contributed by atoms with Crippen molar-refractivity contribution in [1.82, 2.24) is 15.3 Å². The van der Waals surface area contributed by atoms with Gasteiger partial charge in [-0.25, -0.2) is 26.5 Å². The van der Waals surface area contributed by atoms with Crippen LogP contribution in [0.15, 0.2) is 18.3 Å². The minimum atomic E-state index is -3.75. The third kappa shape index (κ3) is 4.12. The highest BCUT2D eigenvalue weighted by atomic mass is 32.2. The molecule has 0 bridgehead atoms. The number of phenolic OH excluding ortho intramolecular Hbond substituents is 1. The molecule has 0 aliphatic carbocycles. The Morgan fingerprint density at radius 2 is 1.97 bits per heavy atom. The summed E-state index contributed by atoms with van der Waals surface area (Å²) in [6.45, 7) is 1.22. The number of nitrogens with zero attached hydrogens (tertiary/aromatic N) is 3. The molecule has 0 saturated carbocycles. The van der Waals surface area contributed by atoms with E-state index in [9.17, 15) is 27.1 Å². The number of hydrogen-bond acceptors (Lipinski definition) is 8. The lowest BCUT2D eigenvalue weighted by Crippen LogP contribution is -2.46. The molecule has 2 aromatic rings. The highest BCUT2D eigenvalue weighted by Gasteiger charge is 2.32. The summed E-state index contributed by atoms with van der Waals surface area (Å²) < 4.78 is 53.1. The maximum absolute atomic E-state index is 14.0. The Hall–Kier alpha value is -2.86. The van der Waals surface area contributed by atoms with E-state index in [0.29, 0.717) is 32.0 Å². The molecule has 0 amide bonds. The average molecular weight is 427 g/mol. The topological polar surface area (TPSA) is 139 Å². The summed E-state index contributed by atoms with van der Waals surface area (Å²) in [5, 5.41) is 12.9. The summed E-state index contributed by atoms with van der Waals surface area (Å²) in [4.78, 5) is 20.4. The Kier molecular flexibility index (Phi) is 5.66. The van der Waals surface area contributed by atoms with Gasteiger partial charge in [0.15, 0.2) is 11.6 Å². The molecule has 0 unspecified atom stereocenters. The second-order valence-electron chi connectivity index (χ2n) is 6.59. The molecule has 9 nitrogen and oxygen atoms in total. The van der Waals surface area contributed by atoms with Gasteiger partial charge < -0.3 is 16.2 Å². The number of nitrogens with one attached hydrogen (secondary N) is 1. The molecule has 1 aliphatic heterocycles. The molecule has 1 aromatic heterocycles. The molecule has 1 aromatic carbocycles. The third-order valence-electron chi connectivity index (χ3n) is 4.54. The van der Waals surface area contributed by atoms with Gasteiger partial charge in [0, 0.05) is 6.20 Å². The minimum absolute atomic E-state index is 0.225. The van der Waals surface area contributed by atoms with Gasteiger partial charge >= 0.3 is 0 Å². The van der Waals surface area contributed by atoms with Gasteiger partial charge in [0.2, 0.25) is 21.8 Å². The van der Waals surface area contributed by atoms with E-state index in [2.05, 4.69) is 15.3 Å². The van der Waals surface area contributed by atoms with Crippen LogP contribution in [-0.2, 0) is 10.0 Å². The number of phenols is 1. The van der Waals surface area contributed by atoms with Gasteiger partial charge in [-0.05, 0) is 38.1 Å².